The van der Waals surface area contributed by atoms with E-state index >= 15 is 0 Å². The van der Waals surface area contributed by atoms with Gasteiger partial charge in [-0.05, 0) is 56.9 Å². The number of carbonyl (C=O) groups is 2. The van der Waals surface area contributed by atoms with Gasteiger partial charge in [0, 0.05) is 11.3 Å². The van der Waals surface area contributed by atoms with Crippen LogP contribution in [0.15, 0.2) is 0 Å². The molecule has 1 fully saturated rings. The molecule has 1 saturated carbocycles. The molecule has 1 aromatic rings. The zero-order valence-electron chi connectivity index (χ0n) is 14.5. The molecular formula is C19H27NO3S. The minimum atomic E-state index is -0.287. The van der Waals surface area contributed by atoms with E-state index in [1.54, 1.807) is 11.3 Å². The maximum atomic E-state index is 12.5. The average Bonchev–Trinajstić information content (AvgIpc) is 2.93. The summed E-state index contributed by atoms with van der Waals surface area (Å²) in [4.78, 5) is 26.1. The quantitative estimate of drug-likeness (QED) is 0.783. The van der Waals surface area contributed by atoms with Crippen LogP contribution in [0.5, 0.6) is 0 Å². The lowest BCUT2D eigenvalue weighted by atomic mass is 9.87. The third-order valence-electron chi connectivity index (χ3n) is 5.10. The number of carbonyl (C=O) groups excluding carboxylic acids is 2. The van der Waals surface area contributed by atoms with E-state index in [1.165, 1.54) is 24.1 Å². The normalized spacial score (nSPS) is 18.0. The van der Waals surface area contributed by atoms with Crippen LogP contribution in [0.4, 0.5) is 5.00 Å². The number of esters is 1. The molecule has 2 aliphatic rings. The molecule has 0 spiro atoms. The second-order valence-electron chi connectivity index (χ2n) is 6.89. The van der Waals surface area contributed by atoms with Crippen LogP contribution in [0.2, 0.25) is 0 Å². The molecule has 0 bridgehead atoms. The molecule has 0 aromatic carbocycles. The number of hydrogen-bond donors (Lipinski definition) is 1. The summed E-state index contributed by atoms with van der Waals surface area (Å²) in [5, 5.41) is 3.74. The number of rotatable bonds is 5. The van der Waals surface area contributed by atoms with E-state index in [1.807, 2.05) is 6.92 Å². The maximum Gasteiger partial charge on any atom is 0.341 e. The number of nitrogens with one attached hydrogen (secondary N) is 1. The van der Waals surface area contributed by atoms with Gasteiger partial charge in [0.05, 0.1) is 12.2 Å². The Hall–Kier alpha value is -1.36. The van der Waals surface area contributed by atoms with E-state index < -0.39 is 0 Å². The number of hydrogen-bond acceptors (Lipinski definition) is 4. The summed E-state index contributed by atoms with van der Waals surface area (Å²) in [7, 11) is 0. The summed E-state index contributed by atoms with van der Waals surface area (Å²) in [5.41, 5.74) is 1.73. The minimum Gasteiger partial charge on any atom is -0.462 e. The smallest absolute Gasteiger partial charge is 0.341 e. The van der Waals surface area contributed by atoms with Crippen LogP contribution in [0.3, 0.4) is 0 Å². The SMILES string of the molecule is CCOC(=O)c1c(NC(=O)CC2CCCCC2)sc2c1CCCC2. The lowest BCUT2D eigenvalue weighted by Gasteiger charge is -2.20. The first-order chi connectivity index (χ1) is 11.7. The number of amides is 1. The van der Waals surface area contributed by atoms with E-state index in [0.717, 1.165) is 44.1 Å². The van der Waals surface area contributed by atoms with Crippen LogP contribution >= 0.6 is 11.3 Å². The van der Waals surface area contributed by atoms with E-state index in [2.05, 4.69) is 5.32 Å². The predicted octanol–water partition coefficient (Wildman–Crippen LogP) is 4.71. The van der Waals surface area contributed by atoms with Gasteiger partial charge in [-0.2, -0.15) is 0 Å². The maximum absolute atomic E-state index is 12.5. The molecule has 1 heterocycles. The average molecular weight is 349 g/mol. The van der Waals surface area contributed by atoms with E-state index in [9.17, 15) is 9.59 Å². The molecule has 0 radical (unpaired) electrons. The summed E-state index contributed by atoms with van der Waals surface area (Å²) < 4.78 is 5.24. The van der Waals surface area contributed by atoms with Gasteiger partial charge in [-0.3, -0.25) is 4.79 Å². The van der Waals surface area contributed by atoms with Gasteiger partial charge in [0.25, 0.3) is 0 Å². The van der Waals surface area contributed by atoms with Crippen LogP contribution in [-0.4, -0.2) is 18.5 Å². The molecule has 1 amide bonds. The van der Waals surface area contributed by atoms with Gasteiger partial charge < -0.3 is 10.1 Å². The number of aryl methyl sites for hydroxylation is 1. The summed E-state index contributed by atoms with van der Waals surface area (Å²) in [6.45, 7) is 2.18. The van der Waals surface area contributed by atoms with Crippen molar-refractivity contribution in [1.82, 2.24) is 0 Å². The molecular weight excluding hydrogens is 322 g/mol. The Balaban J connectivity index is 1.75. The number of ether oxygens (including phenoxy) is 1. The van der Waals surface area contributed by atoms with Crippen molar-refractivity contribution in [2.75, 3.05) is 11.9 Å². The number of anilines is 1. The summed E-state index contributed by atoms with van der Waals surface area (Å²) in [6, 6.07) is 0. The first kappa shape index (κ1) is 17.5. The molecule has 1 N–H and O–H groups in total. The standard InChI is InChI=1S/C19H27NO3S/c1-2-23-19(22)17-14-10-6-7-11-15(14)24-18(17)20-16(21)12-13-8-4-3-5-9-13/h13H,2-12H2,1H3,(H,20,21). The Kier molecular flexibility index (Phi) is 5.93. The topological polar surface area (TPSA) is 55.4 Å². The summed E-state index contributed by atoms with van der Waals surface area (Å²) in [5.74, 6) is 0.260. The minimum absolute atomic E-state index is 0.0473. The van der Waals surface area contributed by atoms with Gasteiger partial charge in [-0.25, -0.2) is 4.79 Å². The molecule has 3 rings (SSSR count). The molecule has 4 nitrogen and oxygen atoms in total. The molecule has 24 heavy (non-hydrogen) atoms. The first-order valence-electron chi connectivity index (χ1n) is 9.30. The highest BCUT2D eigenvalue weighted by molar-refractivity contribution is 7.17. The van der Waals surface area contributed by atoms with Gasteiger partial charge in [0.2, 0.25) is 5.91 Å². The van der Waals surface area contributed by atoms with Gasteiger partial charge in [-0.1, -0.05) is 19.3 Å². The molecule has 1 aromatic heterocycles. The summed E-state index contributed by atoms with van der Waals surface area (Å²) in [6.07, 6.45) is 10.8. The van der Waals surface area contributed by atoms with Gasteiger partial charge in [0.15, 0.2) is 0 Å². The molecule has 132 valence electrons. The fraction of sp³-hybridized carbons (Fsp3) is 0.684. The second-order valence-corrected chi connectivity index (χ2v) is 8.00. The Bertz CT molecular complexity index is 602. The van der Waals surface area contributed by atoms with Crippen molar-refractivity contribution in [2.24, 2.45) is 5.92 Å². The van der Waals surface area contributed by atoms with Crippen LogP contribution < -0.4 is 5.32 Å². The third-order valence-corrected chi connectivity index (χ3v) is 6.31. The Morgan fingerprint density at radius 3 is 2.62 bits per heavy atom. The lowest BCUT2D eigenvalue weighted by Crippen LogP contribution is -2.19. The van der Waals surface area contributed by atoms with Crippen molar-refractivity contribution in [2.45, 2.75) is 71.1 Å². The fourth-order valence-electron chi connectivity index (χ4n) is 3.90. The van der Waals surface area contributed by atoms with Crippen molar-refractivity contribution in [1.29, 1.82) is 0 Å². The van der Waals surface area contributed by atoms with Crippen molar-refractivity contribution in [3.05, 3.63) is 16.0 Å². The monoisotopic (exact) mass is 349 g/mol. The fourth-order valence-corrected chi connectivity index (χ4v) is 5.20. The Morgan fingerprint density at radius 2 is 1.88 bits per heavy atom. The highest BCUT2D eigenvalue weighted by Crippen LogP contribution is 2.39. The van der Waals surface area contributed by atoms with Crippen LogP contribution in [0, 0.1) is 5.92 Å². The van der Waals surface area contributed by atoms with Crippen molar-refractivity contribution >= 4 is 28.2 Å². The van der Waals surface area contributed by atoms with Crippen LogP contribution in [0.25, 0.3) is 0 Å². The second kappa shape index (κ2) is 8.15. The number of fused-ring (bicyclic) bond motifs is 1. The van der Waals surface area contributed by atoms with Crippen LogP contribution in [-0.2, 0) is 22.4 Å². The van der Waals surface area contributed by atoms with Crippen molar-refractivity contribution in [3.63, 3.8) is 0 Å². The highest BCUT2D eigenvalue weighted by Gasteiger charge is 2.27. The first-order valence-corrected chi connectivity index (χ1v) is 10.1. The van der Waals surface area contributed by atoms with Crippen molar-refractivity contribution < 1.29 is 14.3 Å². The van der Waals surface area contributed by atoms with E-state index in [-0.39, 0.29) is 11.9 Å². The molecule has 0 aliphatic heterocycles. The highest BCUT2D eigenvalue weighted by atomic mass is 32.1. The van der Waals surface area contributed by atoms with Gasteiger partial charge in [0.1, 0.15) is 5.00 Å². The van der Waals surface area contributed by atoms with E-state index in [4.69, 9.17) is 4.74 Å². The Labute approximate surface area is 148 Å². The zero-order valence-corrected chi connectivity index (χ0v) is 15.3. The molecule has 5 heteroatoms. The third kappa shape index (κ3) is 4.00. The zero-order chi connectivity index (χ0) is 16.9. The van der Waals surface area contributed by atoms with Crippen molar-refractivity contribution in [3.8, 4) is 0 Å². The van der Waals surface area contributed by atoms with Gasteiger partial charge in [-0.15, -0.1) is 11.3 Å². The molecule has 0 saturated heterocycles. The molecule has 0 atom stereocenters. The van der Waals surface area contributed by atoms with E-state index in [0.29, 0.717) is 29.5 Å². The largest absolute Gasteiger partial charge is 0.462 e. The number of thiophene rings is 1. The van der Waals surface area contributed by atoms with Gasteiger partial charge >= 0.3 is 5.97 Å². The van der Waals surface area contributed by atoms with Crippen LogP contribution in [0.1, 0.15) is 79.1 Å². The molecule has 0 unspecified atom stereocenters. The molecule has 2 aliphatic carbocycles. The summed E-state index contributed by atoms with van der Waals surface area (Å²) >= 11 is 1.57. The Morgan fingerprint density at radius 1 is 1.12 bits per heavy atom. The predicted molar refractivity (Wildman–Crippen MR) is 96.7 cm³/mol. The lowest BCUT2D eigenvalue weighted by molar-refractivity contribution is -0.117.